The number of amides is 1. The van der Waals surface area contributed by atoms with Crippen LogP contribution in [-0.4, -0.2) is 45.0 Å². The lowest BCUT2D eigenvalue weighted by molar-refractivity contribution is 0.0741. The Balaban J connectivity index is 1.81. The Bertz CT molecular complexity index is 1260. The summed E-state index contributed by atoms with van der Waals surface area (Å²) >= 11 is 0. The van der Waals surface area contributed by atoms with E-state index in [-0.39, 0.29) is 11.5 Å². The predicted octanol–water partition coefficient (Wildman–Crippen LogP) is 3.35. The van der Waals surface area contributed by atoms with Gasteiger partial charge in [-0.3, -0.25) is 14.0 Å². The van der Waals surface area contributed by atoms with E-state index in [2.05, 4.69) is 0 Å². The first kappa shape index (κ1) is 20.8. The van der Waals surface area contributed by atoms with Gasteiger partial charge in [-0.2, -0.15) is 0 Å². The number of nitrogens with zero attached hydrogens (tertiary/aromatic N) is 4. The molecule has 0 saturated heterocycles. The molecule has 0 aliphatic carbocycles. The highest BCUT2D eigenvalue weighted by atomic mass is 16.5. The quantitative estimate of drug-likeness (QED) is 0.412. The average molecular weight is 418 g/mol. The molecule has 0 aliphatic heterocycles. The average Bonchev–Trinajstić information content (AvgIpc) is 3.17. The molecule has 4 aromatic rings. The van der Waals surface area contributed by atoms with Crippen molar-refractivity contribution >= 4 is 22.6 Å². The van der Waals surface area contributed by atoms with Crippen LogP contribution >= 0.6 is 0 Å². The third kappa shape index (κ3) is 4.09. The minimum Gasteiger partial charge on any atom is -0.385 e. The highest BCUT2D eigenvalue weighted by molar-refractivity contribution is 5.98. The van der Waals surface area contributed by atoms with Crippen molar-refractivity contribution in [2.45, 2.75) is 26.4 Å². The predicted molar refractivity (Wildman–Crippen MR) is 120 cm³/mol. The number of aryl methyl sites for hydroxylation is 1. The van der Waals surface area contributed by atoms with E-state index in [4.69, 9.17) is 9.72 Å². The number of rotatable bonds is 8. The second kappa shape index (κ2) is 9.14. The van der Waals surface area contributed by atoms with Crippen LogP contribution in [0.3, 0.4) is 0 Å². The van der Waals surface area contributed by atoms with Crippen LogP contribution in [0, 0.1) is 0 Å². The Morgan fingerprint density at radius 3 is 2.65 bits per heavy atom. The zero-order chi connectivity index (χ0) is 21.8. The Morgan fingerprint density at radius 1 is 1.13 bits per heavy atom. The molecule has 0 N–H and O–H groups in total. The Morgan fingerprint density at radius 2 is 1.90 bits per heavy atom. The lowest BCUT2D eigenvalue weighted by Gasteiger charge is -2.22. The molecule has 0 bridgehead atoms. The molecule has 0 radical (unpaired) electrons. The molecule has 7 heteroatoms. The molecule has 160 valence electrons. The molecule has 3 aromatic heterocycles. The van der Waals surface area contributed by atoms with Gasteiger partial charge in [0, 0.05) is 39.5 Å². The van der Waals surface area contributed by atoms with E-state index in [1.165, 1.54) is 4.40 Å². The summed E-state index contributed by atoms with van der Waals surface area (Å²) in [6, 6.07) is 17.0. The number of aromatic nitrogens is 3. The Kier molecular flexibility index (Phi) is 6.13. The van der Waals surface area contributed by atoms with Crippen molar-refractivity contribution in [1.82, 2.24) is 18.9 Å². The van der Waals surface area contributed by atoms with Crippen molar-refractivity contribution in [2.24, 2.45) is 0 Å². The van der Waals surface area contributed by atoms with E-state index >= 15 is 0 Å². The van der Waals surface area contributed by atoms with Crippen LogP contribution in [-0.2, 0) is 17.8 Å². The number of pyridine rings is 1. The van der Waals surface area contributed by atoms with Crippen molar-refractivity contribution in [2.75, 3.05) is 20.3 Å². The number of hydrogen-bond acceptors (Lipinski definition) is 4. The number of carbonyl (C=O) groups excluding carboxylic acids is 1. The zero-order valence-corrected chi connectivity index (χ0v) is 17.8. The molecule has 3 heterocycles. The molecule has 0 atom stereocenters. The summed E-state index contributed by atoms with van der Waals surface area (Å²) in [5.74, 6) is -0.116. The molecule has 0 spiro atoms. The topological polar surface area (TPSA) is 68.8 Å². The van der Waals surface area contributed by atoms with Crippen LogP contribution in [0.1, 0.15) is 29.4 Å². The van der Waals surface area contributed by atoms with E-state index in [1.54, 1.807) is 36.4 Å². The van der Waals surface area contributed by atoms with Gasteiger partial charge >= 0.3 is 0 Å². The van der Waals surface area contributed by atoms with Gasteiger partial charge in [-0.15, -0.1) is 0 Å². The molecule has 0 unspecified atom stereocenters. The summed E-state index contributed by atoms with van der Waals surface area (Å²) in [5, 5.41) is 0.445. The van der Waals surface area contributed by atoms with Crippen LogP contribution in [0.25, 0.3) is 16.7 Å². The van der Waals surface area contributed by atoms with Crippen molar-refractivity contribution in [3.8, 4) is 0 Å². The highest BCUT2D eigenvalue weighted by Gasteiger charge is 2.23. The van der Waals surface area contributed by atoms with Gasteiger partial charge in [0.25, 0.3) is 11.5 Å². The number of hydrogen-bond donors (Lipinski definition) is 0. The number of carbonyl (C=O) groups is 1. The van der Waals surface area contributed by atoms with E-state index in [1.807, 2.05) is 47.9 Å². The van der Waals surface area contributed by atoms with Crippen molar-refractivity contribution < 1.29 is 9.53 Å². The Labute approximate surface area is 180 Å². The largest absolute Gasteiger partial charge is 0.385 e. The van der Waals surface area contributed by atoms with E-state index < -0.39 is 0 Å². The van der Waals surface area contributed by atoms with E-state index in [9.17, 15) is 9.59 Å². The summed E-state index contributed by atoms with van der Waals surface area (Å²) in [6.45, 7) is 4.12. The molecule has 1 aromatic carbocycles. The summed E-state index contributed by atoms with van der Waals surface area (Å²) in [5.41, 5.74) is 2.45. The van der Waals surface area contributed by atoms with Gasteiger partial charge in [-0.1, -0.05) is 36.4 Å². The van der Waals surface area contributed by atoms with Crippen LogP contribution < -0.4 is 5.56 Å². The van der Waals surface area contributed by atoms with Gasteiger partial charge in [0.05, 0.1) is 5.39 Å². The molecular formula is C24H26N4O3. The lowest BCUT2D eigenvalue weighted by atomic mass is 10.2. The maximum atomic E-state index is 13.5. The molecule has 0 aliphatic rings. The van der Waals surface area contributed by atoms with Crippen LogP contribution in [0.4, 0.5) is 0 Å². The summed E-state index contributed by atoms with van der Waals surface area (Å²) < 4.78 is 8.57. The lowest BCUT2D eigenvalue weighted by Crippen LogP contribution is -2.32. The molecule has 1 amide bonds. The number of ether oxygens (including phenoxy) is 1. The third-order valence-electron chi connectivity index (χ3n) is 5.41. The standard InChI is InChI=1S/C24H26N4O3/c1-3-26(17-18-10-5-4-6-11-18)24(30)20-16-19-22(27(20)14-9-15-31-2)25-21-12-7-8-13-28(21)23(19)29/h4-8,10-13,16H,3,9,14-15,17H2,1-2H3. The van der Waals surface area contributed by atoms with Gasteiger partial charge in [-0.25, -0.2) is 4.98 Å². The first-order chi connectivity index (χ1) is 15.1. The van der Waals surface area contributed by atoms with E-state index in [0.717, 1.165) is 5.56 Å². The molecule has 0 saturated carbocycles. The second-order valence-electron chi connectivity index (χ2n) is 7.42. The fourth-order valence-corrected chi connectivity index (χ4v) is 3.82. The summed E-state index contributed by atoms with van der Waals surface area (Å²) in [4.78, 5) is 33.1. The monoisotopic (exact) mass is 418 g/mol. The van der Waals surface area contributed by atoms with Gasteiger partial charge in [0.1, 0.15) is 17.0 Å². The van der Waals surface area contributed by atoms with Gasteiger partial charge < -0.3 is 14.2 Å². The smallest absolute Gasteiger partial charge is 0.270 e. The van der Waals surface area contributed by atoms with Crippen LogP contribution in [0.15, 0.2) is 65.6 Å². The normalized spacial score (nSPS) is 11.3. The van der Waals surface area contributed by atoms with Crippen molar-refractivity contribution in [1.29, 1.82) is 0 Å². The van der Waals surface area contributed by atoms with Crippen LogP contribution in [0.2, 0.25) is 0 Å². The molecule has 0 fully saturated rings. The molecule has 31 heavy (non-hydrogen) atoms. The number of fused-ring (bicyclic) bond motifs is 2. The third-order valence-corrected chi connectivity index (χ3v) is 5.41. The fourth-order valence-electron chi connectivity index (χ4n) is 3.82. The first-order valence-electron chi connectivity index (χ1n) is 10.5. The maximum absolute atomic E-state index is 13.5. The van der Waals surface area contributed by atoms with Gasteiger partial charge in [0.15, 0.2) is 0 Å². The highest BCUT2D eigenvalue weighted by Crippen LogP contribution is 2.20. The number of benzene rings is 1. The Hall–Kier alpha value is -3.45. The minimum atomic E-state index is -0.175. The minimum absolute atomic E-state index is 0.116. The van der Waals surface area contributed by atoms with Gasteiger partial charge in [0.2, 0.25) is 0 Å². The maximum Gasteiger partial charge on any atom is 0.270 e. The molecular weight excluding hydrogens is 392 g/mol. The van der Waals surface area contributed by atoms with Crippen molar-refractivity contribution in [3.05, 3.63) is 82.4 Å². The van der Waals surface area contributed by atoms with Crippen LogP contribution in [0.5, 0.6) is 0 Å². The first-order valence-corrected chi connectivity index (χ1v) is 10.5. The number of methoxy groups -OCH3 is 1. The molecule has 7 nitrogen and oxygen atoms in total. The fraction of sp³-hybridized carbons (Fsp3) is 0.292. The second-order valence-corrected chi connectivity index (χ2v) is 7.42. The zero-order valence-electron chi connectivity index (χ0n) is 17.8. The molecule has 4 rings (SSSR count). The summed E-state index contributed by atoms with van der Waals surface area (Å²) in [6.07, 6.45) is 2.41. The van der Waals surface area contributed by atoms with Crippen molar-refractivity contribution in [3.63, 3.8) is 0 Å². The van der Waals surface area contributed by atoms with E-state index in [0.29, 0.717) is 55.0 Å². The summed E-state index contributed by atoms with van der Waals surface area (Å²) in [7, 11) is 1.65. The van der Waals surface area contributed by atoms with Gasteiger partial charge in [-0.05, 0) is 37.1 Å². The SMILES string of the molecule is CCN(Cc1ccccc1)C(=O)c1cc2c(=O)n3ccccc3nc2n1CCCOC.